The summed E-state index contributed by atoms with van der Waals surface area (Å²) in [5, 5.41) is 0. The van der Waals surface area contributed by atoms with E-state index in [9.17, 15) is 9.36 Å². The number of nitrogens with two attached hydrogens (primary N) is 1. The summed E-state index contributed by atoms with van der Waals surface area (Å²) in [7, 11) is -3.07. The molecule has 0 saturated heterocycles. The Bertz CT molecular complexity index is 826. The Morgan fingerprint density at radius 3 is 2.56 bits per heavy atom. The van der Waals surface area contributed by atoms with Gasteiger partial charge in [0.15, 0.2) is 11.2 Å². The van der Waals surface area contributed by atoms with Crippen LogP contribution in [0.25, 0.3) is 11.2 Å². The van der Waals surface area contributed by atoms with Gasteiger partial charge < -0.3 is 24.2 Å². The average molecular weight is 400 g/mol. The highest BCUT2D eigenvalue weighted by Crippen LogP contribution is 2.47. The van der Waals surface area contributed by atoms with E-state index in [0.717, 1.165) is 13.0 Å². The van der Waals surface area contributed by atoms with E-state index in [0.29, 0.717) is 44.7 Å². The van der Waals surface area contributed by atoms with Crippen molar-refractivity contribution in [1.82, 2.24) is 24.4 Å². The molecule has 3 N–H and O–H groups in total. The molecule has 0 saturated carbocycles. The second kappa shape index (κ2) is 9.98. The van der Waals surface area contributed by atoms with E-state index >= 15 is 0 Å². The summed E-state index contributed by atoms with van der Waals surface area (Å²) in [6.45, 7) is 9.12. The SMILES string of the molecule is CCCN(CCn1cnc2c(=O)[nH]c(N)nc21)CCP(=O)(OCC)OCC. The van der Waals surface area contributed by atoms with E-state index in [2.05, 4.69) is 26.8 Å². The number of nitrogen functional groups attached to an aromatic ring is 1. The number of hydrogen-bond acceptors (Lipinski definition) is 8. The van der Waals surface area contributed by atoms with Gasteiger partial charge in [-0.05, 0) is 26.8 Å². The molecule has 0 aromatic carbocycles. The molecule has 0 aliphatic carbocycles. The topological polar surface area (TPSA) is 128 Å². The zero-order valence-electron chi connectivity index (χ0n) is 16.2. The molecule has 0 bridgehead atoms. The minimum Gasteiger partial charge on any atom is -0.369 e. The first-order valence-electron chi connectivity index (χ1n) is 9.23. The Kier molecular flexibility index (Phi) is 7.97. The molecule has 10 nitrogen and oxygen atoms in total. The highest BCUT2D eigenvalue weighted by molar-refractivity contribution is 7.53. The summed E-state index contributed by atoms with van der Waals surface area (Å²) >= 11 is 0. The first-order chi connectivity index (χ1) is 12.9. The molecule has 2 aromatic heterocycles. The van der Waals surface area contributed by atoms with Crippen molar-refractivity contribution in [2.24, 2.45) is 0 Å². The first-order valence-corrected chi connectivity index (χ1v) is 11.0. The van der Waals surface area contributed by atoms with Crippen LogP contribution in [0.3, 0.4) is 0 Å². The van der Waals surface area contributed by atoms with E-state index in [1.165, 1.54) is 0 Å². The van der Waals surface area contributed by atoms with Crippen LogP contribution in [-0.2, 0) is 20.2 Å². The lowest BCUT2D eigenvalue weighted by atomic mass is 10.4. The zero-order valence-corrected chi connectivity index (χ0v) is 17.1. The number of nitrogens with zero attached hydrogens (tertiary/aromatic N) is 4. The highest BCUT2D eigenvalue weighted by atomic mass is 31.2. The summed E-state index contributed by atoms with van der Waals surface area (Å²) in [6, 6.07) is 0. The molecule has 0 aliphatic heterocycles. The summed E-state index contributed by atoms with van der Waals surface area (Å²) < 4.78 is 25.2. The maximum absolute atomic E-state index is 12.7. The quantitative estimate of drug-likeness (QED) is 0.515. The van der Waals surface area contributed by atoms with Crippen molar-refractivity contribution < 1.29 is 13.6 Å². The molecule has 152 valence electrons. The minimum absolute atomic E-state index is 0.0639. The molecule has 0 atom stereocenters. The van der Waals surface area contributed by atoms with E-state index in [-0.39, 0.29) is 17.0 Å². The summed E-state index contributed by atoms with van der Waals surface area (Å²) in [4.78, 5) is 24.8. The summed E-state index contributed by atoms with van der Waals surface area (Å²) in [5.41, 5.74) is 6.01. The zero-order chi connectivity index (χ0) is 19.9. The number of aromatic amines is 1. The van der Waals surface area contributed by atoms with Crippen LogP contribution in [0.15, 0.2) is 11.1 Å². The first kappa shape index (κ1) is 21.6. The molecule has 0 aliphatic rings. The van der Waals surface area contributed by atoms with Crippen LogP contribution < -0.4 is 11.3 Å². The standard InChI is InChI=1S/C16H29N6O4P/c1-4-7-21(10-11-27(24,25-5-2)26-6-3)8-9-22-12-18-13-14(22)19-16(17)20-15(13)23/h12H,4-11H2,1-3H3,(H3,17,19,20,23). The lowest BCUT2D eigenvalue weighted by Crippen LogP contribution is -2.31. The van der Waals surface area contributed by atoms with E-state index in [1.807, 2.05) is 0 Å². The molecule has 0 fully saturated rings. The second-order valence-corrected chi connectivity index (χ2v) is 8.26. The molecule has 0 amide bonds. The third-order valence-electron chi connectivity index (χ3n) is 4.03. The number of nitrogens with one attached hydrogen (secondary N) is 1. The number of hydrogen-bond donors (Lipinski definition) is 2. The molecule has 2 rings (SSSR count). The second-order valence-electron chi connectivity index (χ2n) is 6.07. The van der Waals surface area contributed by atoms with Crippen molar-refractivity contribution in [3.05, 3.63) is 16.7 Å². The van der Waals surface area contributed by atoms with Gasteiger partial charge in [0.05, 0.1) is 25.7 Å². The fourth-order valence-electron chi connectivity index (χ4n) is 2.86. The fraction of sp³-hybridized carbons (Fsp3) is 0.688. The van der Waals surface area contributed by atoms with Gasteiger partial charge in [-0.3, -0.25) is 14.3 Å². The van der Waals surface area contributed by atoms with Crippen LogP contribution in [0.5, 0.6) is 0 Å². The van der Waals surface area contributed by atoms with Gasteiger partial charge in [-0.2, -0.15) is 4.98 Å². The van der Waals surface area contributed by atoms with Gasteiger partial charge in [-0.1, -0.05) is 6.92 Å². The third kappa shape index (κ3) is 5.87. The molecule has 27 heavy (non-hydrogen) atoms. The minimum atomic E-state index is -3.07. The lowest BCUT2D eigenvalue weighted by Gasteiger charge is -2.24. The van der Waals surface area contributed by atoms with Gasteiger partial charge in [0.2, 0.25) is 5.95 Å². The van der Waals surface area contributed by atoms with Crippen LogP contribution in [0.4, 0.5) is 5.95 Å². The van der Waals surface area contributed by atoms with Crippen LogP contribution in [0.1, 0.15) is 27.2 Å². The molecule has 0 spiro atoms. The van der Waals surface area contributed by atoms with Gasteiger partial charge in [-0.25, -0.2) is 4.98 Å². The number of anilines is 1. The predicted octanol–water partition coefficient (Wildman–Crippen LogP) is 1.68. The molecular weight excluding hydrogens is 371 g/mol. The lowest BCUT2D eigenvalue weighted by molar-refractivity contribution is 0.210. The van der Waals surface area contributed by atoms with E-state index in [4.69, 9.17) is 14.8 Å². The normalized spacial score (nSPS) is 12.3. The molecule has 0 unspecified atom stereocenters. The maximum Gasteiger partial charge on any atom is 0.331 e. The average Bonchev–Trinajstić information content (AvgIpc) is 3.01. The predicted molar refractivity (Wildman–Crippen MR) is 105 cm³/mol. The van der Waals surface area contributed by atoms with Crippen molar-refractivity contribution in [2.75, 3.05) is 44.7 Å². The van der Waals surface area contributed by atoms with Crippen LogP contribution in [-0.4, -0.2) is 63.4 Å². The van der Waals surface area contributed by atoms with Gasteiger partial charge >= 0.3 is 7.60 Å². The smallest absolute Gasteiger partial charge is 0.331 e. The van der Waals surface area contributed by atoms with Crippen molar-refractivity contribution in [3.8, 4) is 0 Å². The molecule has 0 radical (unpaired) electrons. The number of H-pyrrole nitrogens is 1. The molecule has 2 aromatic rings. The number of aromatic nitrogens is 4. The Morgan fingerprint density at radius 2 is 1.93 bits per heavy atom. The van der Waals surface area contributed by atoms with Crippen molar-refractivity contribution in [3.63, 3.8) is 0 Å². The fourth-order valence-corrected chi connectivity index (χ4v) is 4.51. The van der Waals surface area contributed by atoms with Crippen LogP contribution >= 0.6 is 7.60 Å². The maximum atomic E-state index is 12.7. The van der Waals surface area contributed by atoms with Crippen molar-refractivity contribution in [2.45, 2.75) is 33.7 Å². The Hall–Kier alpha value is -1.74. The largest absolute Gasteiger partial charge is 0.369 e. The monoisotopic (exact) mass is 400 g/mol. The van der Waals surface area contributed by atoms with E-state index in [1.54, 1.807) is 24.7 Å². The summed E-state index contributed by atoms with van der Waals surface area (Å²) in [6.07, 6.45) is 2.88. The van der Waals surface area contributed by atoms with Gasteiger partial charge in [0.1, 0.15) is 0 Å². The Balaban J connectivity index is 2.04. The number of imidazole rings is 1. The van der Waals surface area contributed by atoms with Gasteiger partial charge in [0.25, 0.3) is 5.56 Å². The van der Waals surface area contributed by atoms with Crippen LogP contribution in [0, 0.1) is 0 Å². The molecule has 2 heterocycles. The number of fused-ring (bicyclic) bond motifs is 1. The summed E-state index contributed by atoms with van der Waals surface area (Å²) in [5.74, 6) is 0.0639. The third-order valence-corrected chi connectivity index (χ3v) is 6.08. The molecular formula is C16H29N6O4P. The molecule has 11 heteroatoms. The Morgan fingerprint density at radius 1 is 1.22 bits per heavy atom. The van der Waals surface area contributed by atoms with Gasteiger partial charge in [0, 0.05) is 19.6 Å². The van der Waals surface area contributed by atoms with Crippen LogP contribution in [0.2, 0.25) is 0 Å². The highest BCUT2D eigenvalue weighted by Gasteiger charge is 2.24. The van der Waals surface area contributed by atoms with Gasteiger partial charge in [-0.15, -0.1) is 0 Å². The van der Waals surface area contributed by atoms with E-state index < -0.39 is 7.60 Å². The Labute approximate surface area is 158 Å². The number of rotatable bonds is 12. The van der Waals surface area contributed by atoms with Crippen molar-refractivity contribution in [1.29, 1.82) is 0 Å². The van der Waals surface area contributed by atoms with Crippen molar-refractivity contribution >= 4 is 24.7 Å².